The Bertz CT molecular complexity index is 874. The summed E-state index contributed by atoms with van der Waals surface area (Å²) in [5.41, 5.74) is 2.34. The van der Waals surface area contributed by atoms with Gasteiger partial charge >= 0.3 is 5.97 Å². The van der Waals surface area contributed by atoms with E-state index in [1.54, 1.807) is 18.2 Å². The third-order valence-electron chi connectivity index (χ3n) is 4.50. The topological polar surface area (TPSA) is 86.7 Å². The number of carboxylic acid groups (broad SMARTS) is 1. The highest BCUT2D eigenvalue weighted by Gasteiger charge is 2.21. The first-order chi connectivity index (χ1) is 13.0. The predicted octanol–water partition coefficient (Wildman–Crippen LogP) is 3.13. The van der Waals surface area contributed by atoms with Crippen molar-refractivity contribution in [3.05, 3.63) is 64.7 Å². The lowest BCUT2D eigenvalue weighted by atomic mass is 10.0. The Morgan fingerprint density at radius 1 is 1.00 bits per heavy atom. The second kappa shape index (κ2) is 8.26. The molecule has 0 unspecified atom stereocenters. The predicted molar refractivity (Wildman–Crippen MR) is 106 cm³/mol. The van der Waals surface area contributed by atoms with Crippen molar-refractivity contribution < 1.29 is 19.5 Å². The van der Waals surface area contributed by atoms with E-state index in [2.05, 4.69) is 5.32 Å². The van der Waals surface area contributed by atoms with Gasteiger partial charge in [-0.05, 0) is 48.9 Å². The number of thioether (sulfide) groups is 1. The molecule has 2 N–H and O–H groups in total. The van der Waals surface area contributed by atoms with E-state index in [0.717, 1.165) is 30.2 Å². The van der Waals surface area contributed by atoms with Crippen molar-refractivity contribution in [2.24, 2.45) is 0 Å². The van der Waals surface area contributed by atoms with Crippen LogP contribution in [0.1, 0.15) is 36.6 Å². The Morgan fingerprint density at radius 2 is 1.63 bits per heavy atom. The second-order valence-electron chi connectivity index (χ2n) is 6.22. The Labute approximate surface area is 161 Å². The van der Waals surface area contributed by atoms with E-state index in [0.29, 0.717) is 16.8 Å². The molecule has 0 radical (unpaired) electrons. The number of carbonyl (C=O) groups excluding carboxylic acids is 2. The van der Waals surface area contributed by atoms with Gasteiger partial charge < -0.3 is 15.3 Å². The van der Waals surface area contributed by atoms with E-state index < -0.39 is 5.97 Å². The lowest BCUT2D eigenvalue weighted by molar-refractivity contribution is 0.0695. The normalized spacial score (nSPS) is 13.9. The summed E-state index contributed by atoms with van der Waals surface area (Å²) in [7, 11) is 0. The molecule has 0 bridgehead atoms. The fourth-order valence-corrected chi connectivity index (χ4v) is 3.80. The first-order valence-corrected chi connectivity index (χ1v) is 9.74. The van der Waals surface area contributed by atoms with Crippen LogP contribution in [0.3, 0.4) is 0 Å². The van der Waals surface area contributed by atoms with Crippen LogP contribution in [0.15, 0.2) is 42.5 Å². The SMILES string of the molecule is Cc1c(NC(=O)c2ccc(C(=O)O)cc2)cccc1C(=O)N1CCSCC1. The van der Waals surface area contributed by atoms with Gasteiger partial charge in [-0.2, -0.15) is 11.8 Å². The Kier molecular flexibility index (Phi) is 5.81. The van der Waals surface area contributed by atoms with Crippen molar-refractivity contribution in [1.29, 1.82) is 0 Å². The van der Waals surface area contributed by atoms with Crippen molar-refractivity contribution >= 4 is 35.2 Å². The van der Waals surface area contributed by atoms with Gasteiger partial charge in [0, 0.05) is 41.4 Å². The molecule has 1 aliphatic heterocycles. The van der Waals surface area contributed by atoms with Crippen LogP contribution in [-0.2, 0) is 0 Å². The zero-order valence-electron chi connectivity index (χ0n) is 14.9. The number of benzene rings is 2. The molecule has 2 aromatic carbocycles. The lowest BCUT2D eigenvalue weighted by Gasteiger charge is -2.27. The Morgan fingerprint density at radius 3 is 2.26 bits per heavy atom. The van der Waals surface area contributed by atoms with E-state index in [1.165, 1.54) is 24.3 Å². The van der Waals surface area contributed by atoms with Gasteiger partial charge in [0.15, 0.2) is 0 Å². The molecule has 0 atom stereocenters. The average molecular weight is 384 g/mol. The molecule has 0 aliphatic carbocycles. The van der Waals surface area contributed by atoms with Gasteiger partial charge in [-0.3, -0.25) is 9.59 Å². The van der Waals surface area contributed by atoms with Crippen LogP contribution < -0.4 is 5.32 Å². The summed E-state index contributed by atoms with van der Waals surface area (Å²) in [4.78, 5) is 38.0. The van der Waals surface area contributed by atoms with E-state index in [-0.39, 0.29) is 17.4 Å². The third-order valence-corrected chi connectivity index (χ3v) is 5.45. The molecular weight excluding hydrogens is 364 g/mol. The largest absolute Gasteiger partial charge is 0.478 e. The molecule has 0 aromatic heterocycles. The highest BCUT2D eigenvalue weighted by atomic mass is 32.2. The molecule has 3 rings (SSSR count). The Balaban J connectivity index is 1.77. The van der Waals surface area contributed by atoms with Crippen molar-refractivity contribution in [2.75, 3.05) is 29.9 Å². The van der Waals surface area contributed by atoms with Crippen LogP contribution in [0, 0.1) is 6.92 Å². The van der Waals surface area contributed by atoms with Gasteiger partial charge in [-0.25, -0.2) is 4.79 Å². The van der Waals surface area contributed by atoms with E-state index in [9.17, 15) is 14.4 Å². The summed E-state index contributed by atoms with van der Waals surface area (Å²) in [5.74, 6) is 0.463. The van der Waals surface area contributed by atoms with Gasteiger partial charge in [0.2, 0.25) is 0 Å². The molecule has 2 amide bonds. The minimum absolute atomic E-state index is 0.0188. The van der Waals surface area contributed by atoms with Gasteiger partial charge in [-0.15, -0.1) is 0 Å². The molecule has 2 aromatic rings. The minimum Gasteiger partial charge on any atom is -0.478 e. The van der Waals surface area contributed by atoms with E-state index >= 15 is 0 Å². The highest BCUT2D eigenvalue weighted by molar-refractivity contribution is 7.99. The van der Waals surface area contributed by atoms with Crippen molar-refractivity contribution in [1.82, 2.24) is 4.90 Å². The highest BCUT2D eigenvalue weighted by Crippen LogP contribution is 2.22. The second-order valence-corrected chi connectivity index (χ2v) is 7.44. The Hall–Kier alpha value is -2.80. The molecule has 0 saturated carbocycles. The van der Waals surface area contributed by atoms with Gasteiger partial charge in [0.1, 0.15) is 0 Å². The first kappa shape index (κ1) is 19.0. The van der Waals surface area contributed by atoms with Crippen LogP contribution in [-0.4, -0.2) is 52.4 Å². The van der Waals surface area contributed by atoms with Gasteiger partial charge in [0.05, 0.1) is 5.56 Å². The van der Waals surface area contributed by atoms with Crippen LogP contribution >= 0.6 is 11.8 Å². The number of carbonyl (C=O) groups is 3. The number of aromatic carboxylic acids is 1. The molecule has 1 saturated heterocycles. The maximum absolute atomic E-state index is 12.8. The van der Waals surface area contributed by atoms with Gasteiger partial charge in [0.25, 0.3) is 11.8 Å². The molecule has 140 valence electrons. The fraction of sp³-hybridized carbons (Fsp3) is 0.250. The van der Waals surface area contributed by atoms with Crippen LogP contribution in [0.4, 0.5) is 5.69 Å². The zero-order chi connectivity index (χ0) is 19.4. The van der Waals surface area contributed by atoms with Crippen LogP contribution in [0.25, 0.3) is 0 Å². The summed E-state index contributed by atoms with van der Waals surface area (Å²) >= 11 is 1.84. The quantitative estimate of drug-likeness (QED) is 0.846. The maximum Gasteiger partial charge on any atom is 0.335 e. The third kappa shape index (κ3) is 4.31. The van der Waals surface area contributed by atoms with Crippen LogP contribution in [0.2, 0.25) is 0 Å². The summed E-state index contributed by atoms with van der Waals surface area (Å²) < 4.78 is 0. The smallest absolute Gasteiger partial charge is 0.335 e. The number of rotatable bonds is 4. The zero-order valence-corrected chi connectivity index (χ0v) is 15.7. The van der Waals surface area contributed by atoms with Crippen molar-refractivity contribution in [3.8, 4) is 0 Å². The number of carboxylic acids is 1. The fourth-order valence-electron chi connectivity index (χ4n) is 2.90. The lowest BCUT2D eigenvalue weighted by Crippen LogP contribution is -2.38. The number of nitrogens with zero attached hydrogens (tertiary/aromatic N) is 1. The van der Waals surface area contributed by atoms with E-state index in [4.69, 9.17) is 5.11 Å². The average Bonchev–Trinajstić information content (AvgIpc) is 2.69. The number of hydrogen-bond acceptors (Lipinski definition) is 4. The first-order valence-electron chi connectivity index (χ1n) is 8.58. The molecular formula is C20H20N2O4S. The molecule has 7 heteroatoms. The van der Waals surface area contributed by atoms with Crippen molar-refractivity contribution in [3.63, 3.8) is 0 Å². The summed E-state index contributed by atoms with van der Waals surface area (Å²) in [5, 5.41) is 11.8. The summed E-state index contributed by atoms with van der Waals surface area (Å²) in [6.07, 6.45) is 0. The monoisotopic (exact) mass is 384 g/mol. The molecule has 0 spiro atoms. The summed E-state index contributed by atoms with van der Waals surface area (Å²) in [6, 6.07) is 11.0. The van der Waals surface area contributed by atoms with Gasteiger partial charge in [-0.1, -0.05) is 6.07 Å². The number of nitrogens with one attached hydrogen (secondary N) is 1. The maximum atomic E-state index is 12.8. The molecule has 6 nitrogen and oxygen atoms in total. The van der Waals surface area contributed by atoms with Crippen molar-refractivity contribution in [2.45, 2.75) is 6.92 Å². The van der Waals surface area contributed by atoms with E-state index in [1.807, 2.05) is 23.6 Å². The standard InChI is InChI=1S/C20H20N2O4S/c1-13-16(19(24)22-9-11-27-12-10-22)3-2-4-17(13)21-18(23)14-5-7-15(8-6-14)20(25)26/h2-8H,9-12H2,1H3,(H,21,23)(H,25,26). The summed E-state index contributed by atoms with van der Waals surface area (Å²) in [6.45, 7) is 3.28. The molecule has 1 heterocycles. The number of anilines is 1. The molecule has 1 aliphatic rings. The minimum atomic E-state index is -1.04. The van der Waals surface area contributed by atoms with Crippen LogP contribution in [0.5, 0.6) is 0 Å². The molecule has 1 fully saturated rings. The number of amides is 2. The molecule has 27 heavy (non-hydrogen) atoms. The number of hydrogen-bond donors (Lipinski definition) is 2.